The first-order chi connectivity index (χ1) is 11.3. The average Bonchev–Trinajstić information content (AvgIpc) is 2.75. The largest absolute Gasteiger partial charge is 0.274 e. The molecule has 2 aromatic carbocycles. The third-order valence-corrected chi connectivity index (χ3v) is 5.27. The summed E-state index contributed by atoms with van der Waals surface area (Å²) in [5, 5.41) is 0. The number of imide groups is 1. The quantitative estimate of drug-likeness (QED) is 0.729. The molecule has 0 radical (unpaired) electrons. The third kappa shape index (κ3) is 3.29. The average molecular weight is 386 g/mol. The lowest BCUT2D eigenvalue weighted by atomic mass is 9.95. The summed E-state index contributed by atoms with van der Waals surface area (Å²) >= 11 is 3.47. The molecule has 24 heavy (non-hydrogen) atoms. The molecule has 1 atom stereocenters. The monoisotopic (exact) mass is 385 g/mol. The number of hydrogen-bond acceptors (Lipinski definition) is 2. The highest BCUT2D eigenvalue weighted by Crippen LogP contribution is 2.31. The number of hydrogen-bond donors (Lipinski definition) is 0. The number of amides is 2. The van der Waals surface area contributed by atoms with Crippen molar-refractivity contribution in [2.45, 2.75) is 33.6 Å². The number of carbonyl (C=O) groups is 2. The highest BCUT2D eigenvalue weighted by molar-refractivity contribution is 9.10. The summed E-state index contributed by atoms with van der Waals surface area (Å²) in [6, 6.07) is 11.9. The minimum atomic E-state index is -0.279. The van der Waals surface area contributed by atoms with Gasteiger partial charge in [0.15, 0.2) is 0 Å². The van der Waals surface area contributed by atoms with Crippen LogP contribution in [0.2, 0.25) is 0 Å². The first kappa shape index (κ1) is 16.9. The Balaban J connectivity index is 1.84. The predicted octanol–water partition coefficient (Wildman–Crippen LogP) is 4.50. The second-order valence-corrected chi connectivity index (χ2v) is 7.46. The second kappa shape index (κ2) is 6.52. The maximum atomic E-state index is 12.8. The Morgan fingerprint density at radius 2 is 1.71 bits per heavy atom. The van der Waals surface area contributed by atoms with Gasteiger partial charge >= 0.3 is 0 Å². The van der Waals surface area contributed by atoms with E-state index in [4.69, 9.17) is 0 Å². The summed E-state index contributed by atoms with van der Waals surface area (Å²) in [7, 11) is 0. The van der Waals surface area contributed by atoms with E-state index in [1.165, 1.54) is 16.0 Å². The van der Waals surface area contributed by atoms with E-state index in [1.54, 1.807) is 0 Å². The zero-order valence-electron chi connectivity index (χ0n) is 14.1. The Kier molecular flexibility index (Phi) is 4.59. The number of nitrogens with zero attached hydrogens (tertiary/aromatic N) is 1. The second-order valence-electron chi connectivity index (χ2n) is 6.60. The van der Waals surface area contributed by atoms with Gasteiger partial charge in [0.25, 0.3) is 0 Å². The van der Waals surface area contributed by atoms with Crippen LogP contribution in [0.25, 0.3) is 0 Å². The van der Waals surface area contributed by atoms with E-state index in [2.05, 4.69) is 34.1 Å². The SMILES string of the molecule is Cc1cc(C)cc(C[C@@H]2CC(=O)N(c3ccc(C)c(Br)c3)C2=O)c1. The van der Waals surface area contributed by atoms with Crippen LogP contribution in [-0.4, -0.2) is 11.8 Å². The molecule has 4 heteroatoms. The molecule has 1 fully saturated rings. The van der Waals surface area contributed by atoms with Crippen molar-refractivity contribution in [2.24, 2.45) is 5.92 Å². The maximum absolute atomic E-state index is 12.8. The molecule has 0 N–H and O–H groups in total. The van der Waals surface area contributed by atoms with E-state index >= 15 is 0 Å². The smallest absolute Gasteiger partial charge is 0.237 e. The molecule has 1 aliphatic heterocycles. The van der Waals surface area contributed by atoms with Crippen molar-refractivity contribution >= 4 is 33.4 Å². The van der Waals surface area contributed by atoms with Crippen LogP contribution in [0.3, 0.4) is 0 Å². The molecule has 0 aromatic heterocycles. The zero-order valence-corrected chi connectivity index (χ0v) is 15.7. The van der Waals surface area contributed by atoms with Crippen LogP contribution >= 0.6 is 15.9 Å². The van der Waals surface area contributed by atoms with Crippen molar-refractivity contribution in [3.05, 3.63) is 63.1 Å². The molecule has 3 nitrogen and oxygen atoms in total. The molecule has 0 saturated carbocycles. The Bertz CT molecular complexity index is 808. The number of benzene rings is 2. The van der Waals surface area contributed by atoms with E-state index in [9.17, 15) is 9.59 Å². The van der Waals surface area contributed by atoms with E-state index in [0.29, 0.717) is 12.1 Å². The summed E-state index contributed by atoms with van der Waals surface area (Å²) in [4.78, 5) is 26.5. The normalized spacial score (nSPS) is 17.7. The molecule has 1 saturated heterocycles. The first-order valence-electron chi connectivity index (χ1n) is 8.05. The van der Waals surface area contributed by atoms with E-state index in [0.717, 1.165) is 15.6 Å². The molecule has 2 amide bonds. The van der Waals surface area contributed by atoms with Gasteiger partial charge in [-0.25, -0.2) is 0 Å². The zero-order chi connectivity index (χ0) is 17.4. The van der Waals surface area contributed by atoms with Crippen LogP contribution in [0.15, 0.2) is 40.9 Å². The van der Waals surface area contributed by atoms with Crippen molar-refractivity contribution in [1.82, 2.24) is 0 Å². The van der Waals surface area contributed by atoms with Gasteiger partial charge in [0.2, 0.25) is 11.8 Å². The highest BCUT2D eigenvalue weighted by Gasteiger charge is 2.39. The molecule has 0 aliphatic carbocycles. The standard InChI is InChI=1S/C20H20BrNO2/c1-12-6-13(2)8-15(7-12)9-16-10-19(23)22(20(16)24)17-5-4-14(3)18(21)11-17/h4-8,11,16H,9-10H2,1-3H3/t16-/m1/s1. The Morgan fingerprint density at radius 1 is 1.04 bits per heavy atom. The van der Waals surface area contributed by atoms with Gasteiger partial charge in [-0.1, -0.05) is 51.3 Å². The molecular formula is C20H20BrNO2. The van der Waals surface area contributed by atoms with Crippen molar-refractivity contribution in [2.75, 3.05) is 4.90 Å². The summed E-state index contributed by atoms with van der Waals surface area (Å²) in [6.07, 6.45) is 0.883. The molecule has 124 valence electrons. The van der Waals surface area contributed by atoms with Crippen LogP contribution in [0.1, 0.15) is 28.7 Å². The van der Waals surface area contributed by atoms with Gasteiger partial charge in [0.05, 0.1) is 11.6 Å². The molecule has 1 heterocycles. The number of aryl methyl sites for hydroxylation is 3. The van der Waals surface area contributed by atoms with Crippen LogP contribution in [0.5, 0.6) is 0 Å². The molecule has 0 unspecified atom stereocenters. The van der Waals surface area contributed by atoms with Gasteiger partial charge in [-0.05, 0) is 50.5 Å². The van der Waals surface area contributed by atoms with Gasteiger partial charge in [-0.2, -0.15) is 0 Å². The molecule has 3 rings (SSSR count). The van der Waals surface area contributed by atoms with E-state index in [-0.39, 0.29) is 24.2 Å². The number of carbonyl (C=O) groups excluding carboxylic acids is 2. The van der Waals surface area contributed by atoms with Gasteiger partial charge in [0, 0.05) is 10.9 Å². The van der Waals surface area contributed by atoms with Crippen LogP contribution in [0, 0.1) is 26.7 Å². The van der Waals surface area contributed by atoms with Crippen molar-refractivity contribution in [3.8, 4) is 0 Å². The first-order valence-corrected chi connectivity index (χ1v) is 8.84. The molecule has 1 aliphatic rings. The fourth-order valence-corrected chi connectivity index (χ4v) is 3.68. The molecular weight excluding hydrogens is 366 g/mol. The lowest BCUT2D eigenvalue weighted by Crippen LogP contribution is -2.30. The minimum absolute atomic E-state index is 0.102. The van der Waals surface area contributed by atoms with Crippen molar-refractivity contribution < 1.29 is 9.59 Å². The number of halogens is 1. The summed E-state index contributed by atoms with van der Waals surface area (Å²) < 4.78 is 0.901. The van der Waals surface area contributed by atoms with Crippen molar-refractivity contribution in [3.63, 3.8) is 0 Å². The maximum Gasteiger partial charge on any atom is 0.237 e. The number of rotatable bonds is 3. The Hall–Kier alpha value is -1.94. The fourth-order valence-electron chi connectivity index (χ4n) is 3.32. The molecule has 0 spiro atoms. The topological polar surface area (TPSA) is 37.4 Å². The van der Waals surface area contributed by atoms with Crippen LogP contribution < -0.4 is 4.90 Å². The van der Waals surface area contributed by atoms with Gasteiger partial charge < -0.3 is 0 Å². The van der Waals surface area contributed by atoms with Crippen LogP contribution in [0.4, 0.5) is 5.69 Å². The third-order valence-electron chi connectivity index (χ3n) is 4.42. The Labute approximate surface area is 150 Å². The molecule has 0 bridgehead atoms. The van der Waals surface area contributed by atoms with Gasteiger partial charge in [-0.3, -0.25) is 14.5 Å². The van der Waals surface area contributed by atoms with E-state index in [1.807, 2.05) is 39.0 Å². The van der Waals surface area contributed by atoms with E-state index < -0.39 is 0 Å². The summed E-state index contributed by atoms with van der Waals surface area (Å²) in [6.45, 7) is 6.08. The van der Waals surface area contributed by atoms with Crippen molar-refractivity contribution in [1.29, 1.82) is 0 Å². The Morgan fingerprint density at radius 3 is 2.33 bits per heavy atom. The molecule has 2 aromatic rings. The van der Waals surface area contributed by atoms with Gasteiger partial charge in [0.1, 0.15) is 0 Å². The fraction of sp³-hybridized carbons (Fsp3) is 0.300. The lowest BCUT2D eigenvalue weighted by molar-refractivity contribution is -0.122. The summed E-state index contributed by atoms with van der Waals surface area (Å²) in [5.41, 5.74) is 5.20. The minimum Gasteiger partial charge on any atom is -0.274 e. The number of anilines is 1. The lowest BCUT2D eigenvalue weighted by Gasteiger charge is -2.16. The van der Waals surface area contributed by atoms with Gasteiger partial charge in [-0.15, -0.1) is 0 Å². The van der Waals surface area contributed by atoms with Crippen LogP contribution in [-0.2, 0) is 16.0 Å². The highest BCUT2D eigenvalue weighted by atomic mass is 79.9. The predicted molar refractivity (Wildman–Crippen MR) is 99.1 cm³/mol. The summed E-state index contributed by atoms with van der Waals surface area (Å²) in [5.74, 6) is -0.501.